The topological polar surface area (TPSA) is 121 Å². The van der Waals surface area contributed by atoms with Crippen molar-refractivity contribution in [3.63, 3.8) is 0 Å². The number of aliphatic hydroxyl groups is 3. The predicted molar refractivity (Wildman–Crippen MR) is 126 cm³/mol. The summed E-state index contributed by atoms with van der Waals surface area (Å²) in [6.45, 7) is -0.865. The van der Waals surface area contributed by atoms with Crippen LogP contribution in [0.1, 0.15) is 31.1 Å². The SMILES string of the molecule is O=C(c1ccccc1)[C@@]1(O)[C@@](O)(C(=O)c2ccccc2)CO[C@H](Br)[C@@]1(O)C(=O)c1ccccc1. The zero-order valence-corrected chi connectivity index (χ0v) is 19.4. The molecule has 4 atom stereocenters. The van der Waals surface area contributed by atoms with E-state index in [9.17, 15) is 29.7 Å². The van der Waals surface area contributed by atoms with Crippen molar-refractivity contribution in [2.24, 2.45) is 0 Å². The lowest BCUT2D eigenvalue weighted by Gasteiger charge is -2.54. The molecule has 8 heteroatoms. The molecule has 0 unspecified atom stereocenters. The van der Waals surface area contributed by atoms with E-state index in [0.29, 0.717) is 0 Å². The zero-order chi connectivity index (χ0) is 24.6. The molecule has 0 amide bonds. The number of carbonyl (C=O) groups is 3. The van der Waals surface area contributed by atoms with Gasteiger partial charge in [-0.25, -0.2) is 0 Å². The summed E-state index contributed by atoms with van der Waals surface area (Å²) in [6.07, 6.45) is 0. The van der Waals surface area contributed by atoms with Crippen LogP contribution >= 0.6 is 15.9 Å². The standard InChI is InChI=1S/C26H21BrO7/c27-23-25(32,21(29)18-12-6-2-7-13-18)26(33,22(30)19-14-8-3-9-15-19)24(31,16-34-23)20(28)17-10-4-1-5-11-17/h1-15,23,31-33H,16H2/t23-,24-,25-,26+/m0/s1. The Balaban J connectivity index is 1.98. The predicted octanol–water partition coefficient (Wildman–Crippen LogP) is 2.58. The van der Waals surface area contributed by atoms with E-state index in [1.807, 2.05) is 0 Å². The van der Waals surface area contributed by atoms with Gasteiger partial charge in [-0.05, 0) is 0 Å². The molecule has 1 saturated heterocycles. The van der Waals surface area contributed by atoms with Crippen molar-refractivity contribution in [1.29, 1.82) is 0 Å². The molecule has 4 rings (SSSR count). The lowest BCUT2D eigenvalue weighted by Crippen LogP contribution is -2.83. The summed E-state index contributed by atoms with van der Waals surface area (Å²) < 4.78 is 5.44. The Bertz CT molecular complexity index is 1220. The molecule has 0 aromatic heterocycles. The van der Waals surface area contributed by atoms with E-state index in [1.165, 1.54) is 72.8 Å². The van der Waals surface area contributed by atoms with Gasteiger partial charge >= 0.3 is 0 Å². The van der Waals surface area contributed by atoms with Crippen LogP contribution in [-0.4, -0.2) is 61.1 Å². The van der Waals surface area contributed by atoms with Crippen LogP contribution in [0.4, 0.5) is 0 Å². The first-order valence-corrected chi connectivity index (χ1v) is 11.3. The number of hydrogen-bond donors (Lipinski definition) is 3. The molecule has 0 spiro atoms. The summed E-state index contributed by atoms with van der Waals surface area (Å²) in [5, 5.41) is 34.0. The molecule has 7 nitrogen and oxygen atoms in total. The van der Waals surface area contributed by atoms with E-state index in [4.69, 9.17) is 4.74 Å². The minimum Gasteiger partial charge on any atom is -0.376 e. The summed E-state index contributed by atoms with van der Waals surface area (Å²) in [5.74, 6) is -3.40. The molecule has 0 radical (unpaired) electrons. The second kappa shape index (κ2) is 8.98. The Morgan fingerprint density at radius 2 is 1.06 bits per heavy atom. The highest BCUT2D eigenvalue weighted by atomic mass is 79.9. The third-order valence-electron chi connectivity index (χ3n) is 6.08. The van der Waals surface area contributed by atoms with Crippen LogP contribution in [0.25, 0.3) is 0 Å². The van der Waals surface area contributed by atoms with Crippen molar-refractivity contribution in [3.8, 4) is 0 Å². The number of alkyl halides is 1. The van der Waals surface area contributed by atoms with Crippen LogP contribution < -0.4 is 0 Å². The number of carbonyl (C=O) groups excluding carboxylic acids is 3. The molecular weight excluding hydrogens is 504 g/mol. The lowest BCUT2D eigenvalue weighted by molar-refractivity contribution is -0.253. The summed E-state index contributed by atoms with van der Waals surface area (Å²) in [4.78, 5) is 41.0. The quantitative estimate of drug-likeness (QED) is 0.334. The third-order valence-corrected chi connectivity index (χ3v) is 7.00. The van der Waals surface area contributed by atoms with E-state index in [-0.39, 0.29) is 16.7 Å². The van der Waals surface area contributed by atoms with E-state index in [0.717, 1.165) is 0 Å². The number of rotatable bonds is 6. The van der Waals surface area contributed by atoms with E-state index < -0.39 is 45.8 Å². The van der Waals surface area contributed by atoms with Gasteiger partial charge in [-0.3, -0.25) is 14.4 Å². The highest BCUT2D eigenvalue weighted by molar-refractivity contribution is 9.09. The second-order valence-corrected chi connectivity index (χ2v) is 8.88. The van der Waals surface area contributed by atoms with Gasteiger partial charge in [-0.1, -0.05) is 107 Å². The molecule has 3 aromatic carbocycles. The molecule has 0 bridgehead atoms. The largest absolute Gasteiger partial charge is 0.376 e. The Hall–Kier alpha value is -3.01. The first-order valence-electron chi connectivity index (χ1n) is 10.4. The molecule has 1 fully saturated rings. The van der Waals surface area contributed by atoms with Crippen molar-refractivity contribution < 1.29 is 34.4 Å². The van der Waals surface area contributed by atoms with Crippen LogP contribution in [0.2, 0.25) is 0 Å². The molecule has 3 N–H and O–H groups in total. The normalized spacial score (nSPS) is 28.8. The molecular formula is C26H21BrO7. The van der Waals surface area contributed by atoms with Crippen molar-refractivity contribution in [1.82, 2.24) is 0 Å². The molecule has 1 aliphatic heterocycles. The van der Waals surface area contributed by atoms with Gasteiger partial charge in [0.25, 0.3) is 0 Å². The number of ketones is 3. The maximum atomic E-state index is 13.8. The fourth-order valence-corrected chi connectivity index (χ4v) is 4.86. The van der Waals surface area contributed by atoms with Gasteiger partial charge in [0, 0.05) is 16.7 Å². The van der Waals surface area contributed by atoms with Crippen LogP contribution in [0.15, 0.2) is 91.0 Å². The first-order chi connectivity index (χ1) is 16.2. The summed E-state index contributed by atoms with van der Waals surface area (Å²) in [6, 6.07) is 22.3. The Morgan fingerprint density at radius 3 is 1.50 bits per heavy atom. The first kappa shape index (κ1) is 24.1. The zero-order valence-electron chi connectivity index (χ0n) is 17.8. The number of ether oxygens (including phenoxy) is 1. The Kier molecular flexibility index (Phi) is 6.37. The minimum atomic E-state index is -3.33. The monoisotopic (exact) mass is 524 g/mol. The van der Waals surface area contributed by atoms with Crippen LogP contribution in [0, 0.1) is 0 Å². The third kappa shape index (κ3) is 3.46. The molecule has 34 heavy (non-hydrogen) atoms. The second-order valence-electron chi connectivity index (χ2n) is 8.05. The maximum absolute atomic E-state index is 13.8. The van der Waals surface area contributed by atoms with Crippen molar-refractivity contribution in [2.75, 3.05) is 6.61 Å². The van der Waals surface area contributed by atoms with Crippen molar-refractivity contribution in [3.05, 3.63) is 108 Å². The van der Waals surface area contributed by atoms with Gasteiger partial charge in [0.15, 0.2) is 16.4 Å². The Labute approximate surface area is 203 Å². The van der Waals surface area contributed by atoms with Gasteiger partial charge in [-0.2, -0.15) is 0 Å². The molecule has 174 valence electrons. The molecule has 0 aliphatic carbocycles. The fraction of sp³-hybridized carbons (Fsp3) is 0.192. The smallest absolute Gasteiger partial charge is 0.206 e. The van der Waals surface area contributed by atoms with Gasteiger partial charge < -0.3 is 20.1 Å². The van der Waals surface area contributed by atoms with Gasteiger partial charge in [0.1, 0.15) is 0 Å². The molecule has 3 aromatic rings. The van der Waals surface area contributed by atoms with Crippen molar-refractivity contribution in [2.45, 2.75) is 21.8 Å². The van der Waals surface area contributed by atoms with Gasteiger partial charge in [0.2, 0.25) is 22.8 Å². The van der Waals surface area contributed by atoms with Crippen LogP contribution in [0.3, 0.4) is 0 Å². The fourth-order valence-electron chi connectivity index (χ4n) is 4.19. The summed E-state index contributed by atoms with van der Waals surface area (Å²) in [7, 11) is 0. The molecule has 0 saturated carbocycles. The van der Waals surface area contributed by atoms with Gasteiger partial charge in [-0.15, -0.1) is 0 Å². The lowest BCUT2D eigenvalue weighted by atomic mass is 9.61. The average molecular weight is 525 g/mol. The summed E-state index contributed by atoms with van der Waals surface area (Å²) in [5.41, 5.74) is -9.65. The minimum absolute atomic E-state index is 0.0459. The highest BCUT2D eigenvalue weighted by Gasteiger charge is 2.77. The van der Waals surface area contributed by atoms with Crippen molar-refractivity contribution >= 4 is 33.3 Å². The molecule has 1 aliphatic rings. The number of Topliss-reactive ketones (excluding diaryl/α,β-unsaturated/α-hetero) is 3. The number of hydrogen-bond acceptors (Lipinski definition) is 7. The van der Waals surface area contributed by atoms with E-state index >= 15 is 0 Å². The Morgan fingerprint density at radius 1 is 0.676 bits per heavy atom. The molecule has 1 heterocycles. The van der Waals surface area contributed by atoms with Gasteiger partial charge in [0.05, 0.1) is 6.61 Å². The highest BCUT2D eigenvalue weighted by Crippen LogP contribution is 2.48. The number of benzene rings is 3. The van der Waals surface area contributed by atoms with Crippen LogP contribution in [-0.2, 0) is 4.74 Å². The van der Waals surface area contributed by atoms with Crippen LogP contribution in [0.5, 0.6) is 0 Å². The summed E-state index contributed by atoms with van der Waals surface area (Å²) >= 11 is 3.05. The average Bonchev–Trinajstić information content (AvgIpc) is 2.89. The van der Waals surface area contributed by atoms with E-state index in [2.05, 4.69) is 15.9 Å². The number of halogens is 1. The van der Waals surface area contributed by atoms with E-state index in [1.54, 1.807) is 18.2 Å². The maximum Gasteiger partial charge on any atom is 0.206 e.